The van der Waals surface area contributed by atoms with Crippen molar-refractivity contribution in [2.24, 2.45) is 0 Å². The molecule has 0 rings (SSSR count). The van der Waals surface area contributed by atoms with Crippen LogP contribution in [0.25, 0.3) is 0 Å². The van der Waals surface area contributed by atoms with Crippen LogP contribution in [0.2, 0.25) is 0 Å². The molecule has 0 saturated carbocycles. The standard InChI is InChI=1S/C17H32O2/c1-5-8-9-10-11-12-13-14-19-17(18)16(7-3)15(4)6-2/h5-14H2,1-4H3. The van der Waals surface area contributed by atoms with Gasteiger partial charge in [0.05, 0.1) is 6.61 Å². The van der Waals surface area contributed by atoms with Gasteiger partial charge in [0, 0.05) is 5.57 Å². The van der Waals surface area contributed by atoms with E-state index in [-0.39, 0.29) is 5.97 Å². The molecule has 0 aliphatic rings. The fourth-order valence-corrected chi connectivity index (χ4v) is 2.14. The van der Waals surface area contributed by atoms with E-state index in [4.69, 9.17) is 4.74 Å². The third kappa shape index (κ3) is 8.85. The Morgan fingerprint density at radius 1 is 0.842 bits per heavy atom. The van der Waals surface area contributed by atoms with E-state index in [1.807, 2.05) is 13.8 Å². The minimum atomic E-state index is -0.104. The molecule has 2 nitrogen and oxygen atoms in total. The minimum absolute atomic E-state index is 0.104. The molecule has 19 heavy (non-hydrogen) atoms. The Balaban J connectivity index is 3.69. The molecule has 0 aliphatic carbocycles. The van der Waals surface area contributed by atoms with Crippen molar-refractivity contribution in [3.05, 3.63) is 11.1 Å². The molecule has 0 amide bonds. The molecular formula is C17H32O2. The first-order valence-corrected chi connectivity index (χ1v) is 8.03. The van der Waals surface area contributed by atoms with Crippen LogP contribution in [0.15, 0.2) is 11.1 Å². The summed E-state index contributed by atoms with van der Waals surface area (Å²) >= 11 is 0. The van der Waals surface area contributed by atoms with Crippen LogP contribution >= 0.6 is 0 Å². The van der Waals surface area contributed by atoms with Crippen molar-refractivity contribution in [1.82, 2.24) is 0 Å². The first kappa shape index (κ1) is 18.2. The predicted octanol–water partition coefficient (Wildman–Crippen LogP) is 5.42. The lowest BCUT2D eigenvalue weighted by atomic mass is 10.1. The Kier molecular flexibility index (Phi) is 11.7. The highest BCUT2D eigenvalue weighted by molar-refractivity contribution is 5.89. The molecule has 2 heteroatoms. The van der Waals surface area contributed by atoms with Crippen molar-refractivity contribution in [1.29, 1.82) is 0 Å². The van der Waals surface area contributed by atoms with Crippen LogP contribution in [0.3, 0.4) is 0 Å². The van der Waals surface area contributed by atoms with Crippen molar-refractivity contribution in [2.75, 3.05) is 6.61 Å². The fourth-order valence-electron chi connectivity index (χ4n) is 2.14. The van der Waals surface area contributed by atoms with Crippen LogP contribution in [0.1, 0.15) is 85.5 Å². The minimum Gasteiger partial charge on any atom is -0.462 e. The van der Waals surface area contributed by atoms with Crippen molar-refractivity contribution in [3.8, 4) is 0 Å². The smallest absolute Gasteiger partial charge is 0.333 e. The Morgan fingerprint density at radius 2 is 1.42 bits per heavy atom. The molecular weight excluding hydrogens is 236 g/mol. The SMILES string of the molecule is CCCCCCCCCOC(=O)C(CC)=C(C)CC. The number of carbonyl (C=O) groups excluding carboxylic acids is 1. The van der Waals surface area contributed by atoms with Gasteiger partial charge in [-0.1, -0.05) is 64.9 Å². The molecule has 0 aromatic rings. The molecule has 0 spiro atoms. The van der Waals surface area contributed by atoms with Crippen LogP contribution in [-0.2, 0) is 9.53 Å². The third-order valence-corrected chi connectivity index (χ3v) is 3.63. The molecule has 0 aromatic heterocycles. The molecule has 0 fully saturated rings. The zero-order valence-corrected chi connectivity index (χ0v) is 13.4. The Hall–Kier alpha value is -0.790. The van der Waals surface area contributed by atoms with Crippen LogP contribution in [0.4, 0.5) is 0 Å². The van der Waals surface area contributed by atoms with Crippen LogP contribution in [0.5, 0.6) is 0 Å². The van der Waals surface area contributed by atoms with E-state index in [1.165, 1.54) is 38.5 Å². The molecule has 0 aliphatic heterocycles. The topological polar surface area (TPSA) is 26.3 Å². The number of unbranched alkanes of at least 4 members (excludes halogenated alkanes) is 6. The Labute approximate surface area is 119 Å². The molecule has 0 bridgehead atoms. The van der Waals surface area contributed by atoms with Crippen LogP contribution in [0, 0.1) is 0 Å². The average molecular weight is 268 g/mol. The number of esters is 1. The Morgan fingerprint density at radius 3 is 1.95 bits per heavy atom. The van der Waals surface area contributed by atoms with E-state index in [0.29, 0.717) is 6.61 Å². The summed E-state index contributed by atoms with van der Waals surface area (Å²) < 4.78 is 5.35. The molecule has 0 N–H and O–H groups in total. The van der Waals surface area contributed by atoms with Gasteiger partial charge < -0.3 is 4.74 Å². The first-order chi connectivity index (χ1) is 9.17. The number of carbonyl (C=O) groups is 1. The lowest BCUT2D eigenvalue weighted by Gasteiger charge is -2.09. The second-order valence-electron chi connectivity index (χ2n) is 5.22. The second kappa shape index (κ2) is 12.3. The van der Waals surface area contributed by atoms with Gasteiger partial charge in [-0.15, -0.1) is 0 Å². The van der Waals surface area contributed by atoms with Gasteiger partial charge in [-0.05, 0) is 26.2 Å². The molecule has 0 radical (unpaired) electrons. The van der Waals surface area contributed by atoms with E-state index in [2.05, 4.69) is 13.8 Å². The molecule has 0 heterocycles. The molecule has 0 aromatic carbocycles. The summed E-state index contributed by atoms with van der Waals surface area (Å²) in [6.45, 7) is 8.93. The van der Waals surface area contributed by atoms with Gasteiger partial charge in [0.2, 0.25) is 0 Å². The number of hydrogen-bond donors (Lipinski definition) is 0. The molecule has 0 saturated heterocycles. The van der Waals surface area contributed by atoms with E-state index < -0.39 is 0 Å². The highest BCUT2D eigenvalue weighted by atomic mass is 16.5. The quantitative estimate of drug-likeness (QED) is 0.284. The summed E-state index contributed by atoms with van der Waals surface area (Å²) in [5.41, 5.74) is 2.03. The summed E-state index contributed by atoms with van der Waals surface area (Å²) in [7, 11) is 0. The molecule has 0 unspecified atom stereocenters. The van der Waals surface area contributed by atoms with E-state index in [0.717, 1.165) is 30.4 Å². The third-order valence-electron chi connectivity index (χ3n) is 3.63. The number of allylic oxidation sites excluding steroid dienone is 1. The summed E-state index contributed by atoms with van der Waals surface area (Å²) in [5.74, 6) is -0.104. The maximum atomic E-state index is 11.9. The van der Waals surface area contributed by atoms with Gasteiger partial charge in [0.1, 0.15) is 0 Å². The Bertz CT molecular complexity index is 266. The van der Waals surface area contributed by atoms with Crippen LogP contribution < -0.4 is 0 Å². The molecule has 112 valence electrons. The average Bonchev–Trinajstić information content (AvgIpc) is 2.42. The summed E-state index contributed by atoms with van der Waals surface area (Å²) in [4.78, 5) is 11.9. The first-order valence-electron chi connectivity index (χ1n) is 8.03. The van der Waals surface area contributed by atoms with Gasteiger partial charge in [-0.2, -0.15) is 0 Å². The van der Waals surface area contributed by atoms with Gasteiger partial charge in [0.15, 0.2) is 0 Å². The maximum absolute atomic E-state index is 11.9. The number of rotatable bonds is 11. The predicted molar refractivity (Wildman–Crippen MR) is 82.2 cm³/mol. The molecule has 0 atom stereocenters. The van der Waals surface area contributed by atoms with E-state index >= 15 is 0 Å². The van der Waals surface area contributed by atoms with Gasteiger partial charge in [-0.25, -0.2) is 4.79 Å². The monoisotopic (exact) mass is 268 g/mol. The van der Waals surface area contributed by atoms with Gasteiger partial charge in [0.25, 0.3) is 0 Å². The van der Waals surface area contributed by atoms with Crippen molar-refractivity contribution >= 4 is 5.97 Å². The summed E-state index contributed by atoms with van der Waals surface area (Å²) in [5, 5.41) is 0. The van der Waals surface area contributed by atoms with Crippen molar-refractivity contribution < 1.29 is 9.53 Å². The summed E-state index contributed by atoms with van der Waals surface area (Å²) in [6, 6.07) is 0. The fraction of sp³-hybridized carbons (Fsp3) is 0.824. The highest BCUT2D eigenvalue weighted by Crippen LogP contribution is 2.14. The van der Waals surface area contributed by atoms with Crippen LogP contribution in [-0.4, -0.2) is 12.6 Å². The van der Waals surface area contributed by atoms with Gasteiger partial charge in [-0.3, -0.25) is 0 Å². The van der Waals surface area contributed by atoms with Gasteiger partial charge >= 0.3 is 5.97 Å². The summed E-state index contributed by atoms with van der Waals surface area (Å²) in [6.07, 6.45) is 10.4. The highest BCUT2D eigenvalue weighted by Gasteiger charge is 2.11. The normalized spacial score (nSPS) is 12.2. The van der Waals surface area contributed by atoms with E-state index in [1.54, 1.807) is 0 Å². The maximum Gasteiger partial charge on any atom is 0.333 e. The zero-order valence-electron chi connectivity index (χ0n) is 13.4. The van der Waals surface area contributed by atoms with Crippen molar-refractivity contribution in [3.63, 3.8) is 0 Å². The second-order valence-corrected chi connectivity index (χ2v) is 5.22. The number of hydrogen-bond acceptors (Lipinski definition) is 2. The zero-order chi connectivity index (χ0) is 14.5. The van der Waals surface area contributed by atoms with E-state index in [9.17, 15) is 4.79 Å². The largest absolute Gasteiger partial charge is 0.462 e. The number of ether oxygens (including phenoxy) is 1. The van der Waals surface area contributed by atoms with Crippen molar-refractivity contribution in [2.45, 2.75) is 85.5 Å². The lowest BCUT2D eigenvalue weighted by molar-refractivity contribution is -0.139. The lowest BCUT2D eigenvalue weighted by Crippen LogP contribution is -2.10.